The molecule has 1 atom stereocenters. The maximum Gasteiger partial charge on any atom is 0.340 e. The van der Waals surface area contributed by atoms with E-state index in [0.29, 0.717) is 5.69 Å². The first-order valence-corrected chi connectivity index (χ1v) is 10.1. The van der Waals surface area contributed by atoms with Gasteiger partial charge in [-0.1, -0.05) is 36.4 Å². The number of esters is 1. The van der Waals surface area contributed by atoms with Crippen molar-refractivity contribution >= 4 is 23.6 Å². The fourth-order valence-corrected chi connectivity index (χ4v) is 3.54. The topological polar surface area (TPSA) is 96.5 Å². The van der Waals surface area contributed by atoms with Crippen molar-refractivity contribution in [3.63, 3.8) is 0 Å². The third-order valence-corrected chi connectivity index (χ3v) is 4.85. The Morgan fingerprint density at radius 1 is 1.07 bits per heavy atom. The molecule has 2 aromatic carbocycles. The molecule has 30 heavy (non-hydrogen) atoms. The van der Waals surface area contributed by atoms with Gasteiger partial charge in [0.05, 0.1) is 17.3 Å². The van der Waals surface area contributed by atoms with Gasteiger partial charge in [0, 0.05) is 6.04 Å². The van der Waals surface area contributed by atoms with Crippen LogP contribution in [0.1, 0.15) is 54.2 Å². The molecule has 3 rings (SSSR count). The third-order valence-electron chi connectivity index (χ3n) is 4.85. The normalized spacial score (nSPS) is 15.1. The number of rotatable bonds is 6. The molecule has 0 bridgehead atoms. The molecule has 0 fully saturated rings. The summed E-state index contributed by atoms with van der Waals surface area (Å²) in [6.07, 6.45) is 2.86. The predicted octanol–water partition coefficient (Wildman–Crippen LogP) is 3.57. The second-order valence-electron chi connectivity index (χ2n) is 7.59. The lowest BCUT2D eigenvalue weighted by atomic mass is 9.88. The number of hydrogen-bond donors (Lipinski definition) is 3. The second-order valence-corrected chi connectivity index (χ2v) is 7.59. The first-order valence-electron chi connectivity index (χ1n) is 10.1. The van der Waals surface area contributed by atoms with E-state index in [1.165, 1.54) is 5.56 Å². The summed E-state index contributed by atoms with van der Waals surface area (Å²) in [5.74, 6) is -1.03. The van der Waals surface area contributed by atoms with Gasteiger partial charge in [-0.05, 0) is 56.4 Å². The van der Waals surface area contributed by atoms with Crippen LogP contribution in [-0.2, 0) is 16.0 Å². The van der Waals surface area contributed by atoms with Gasteiger partial charge in [-0.2, -0.15) is 0 Å². The number of benzene rings is 2. The standard InChI is InChI=1S/C23H27N3O4/c1-15(2)24-23(29)26-20-12-6-5-11-18(20)22(28)30-14-21(27)25-19-13-7-9-16-8-3-4-10-17(16)19/h3-6,8,10-12,15,19H,7,9,13-14H2,1-2H3,(H,25,27)(H2,24,26,29). The lowest BCUT2D eigenvalue weighted by Crippen LogP contribution is -2.35. The Hall–Kier alpha value is -3.35. The highest BCUT2D eigenvalue weighted by Crippen LogP contribution is 2.29. The molecule has 7 nitrogen and oxygen atoms in total. The molecular weight excluding hydrogens is 382 g/mol. The SMILES string of the molecule is CC(C)NC(=O)Nc1ccccc1C(=O)OCC(=O)NC1CCCc2ccccc21. The highest BCUT2D eigenvalue weighted by atomic mass is 16.5. The van der Waals surface area contributed by atoms with Crippen LogP contribution in [0.3, 0.4) is 0 Å². The third kappa shape index (κ3) is 5.59. The molecule has 1 aliphatic carbocycles. The van der Waals surface area contributed by atoms with E-state index in [1.54, 1.807) is 24.3 Å². The predicted molar refractivity (Wildman–Crippen MR) is 114 cm³/mol. The zero-order valence-corrected chi connectivity index (χ0v) is 17.2. The van der Waals surface area contributed by atoms with E-state index in [9.17, 15) is 14.4 Å². The molecule has 0 heterocycles. The number of carbonyl (C=O) groups is 3. The van der Waals surface area contributed by atoms with Crippen LogP contribution < -0.4 is 16.0 Å². The average molecular weight is 409 g/mol. The maximum atomic E-state index is 12.5. The van der Waals surface area contributed by atoms with Crippen molar-refractivity contribution in [1.82, 2.24) is 10.6 Å². The van der Waals surface area contributed by atoms with E-state index in [2.05, 4.69) is 22.0 Å². The number of nitrogens with one attached hydrogen (secondary N) is 3. The smallest absolute Gasteiger partial charge is 0.340 e. The lowest BCUT2D eigenvalue weighted by molar-refractivity contribution is -0.125. The summed E-state index contributed by atoms with van der Waals surface area (Å²) in [6.45, 7) is 3.29. The van der Waals surface area contributed by atoms with E-state index in [0.717, 1.165) is 24.8 Å². The number of anilines is 1. The van der Waals surface area contributed by atoms with Gasteiger partial charge in [0.25, 0.3) is 5.91 Å². The number of ether oxygens (including phenoxy) is 1. The van der Waals surface area contributed by atoms with E-state index < -0.39 is 12.0 Å². The maximum absolute atomic E-state index is 12.5. The Balaban J connectivity index is 1.57. The fraction of sp³-hybridized carbons (Fsp3) is 0.348. The van der Waals surface area contributed by atoms with Gasteiger partial charge in [0.2, 0.25) is 0 Å². The molecule has 0 aliphatic heterocycles. The number of para-hydroxylation sites is 1. The molecule has 0 aromatic heterocycles. The van der Waals surface area contributed by atoms with Gasteiger partial charge < -0.3 is 20.7 Å². The molecule has 2 aromatic rings. The minimum atomic E-state index is -0.672. The van der Waals surface area contributed by atoms with Crippen molar-refractivity contribution in [2.24, 2.45) is 0 Å². The summed E-state index contributed by atoms with van der Waals surface area (Å²) in [6, 6.07) is 14.0. The number of carbonyl (C=O) groups excluding carboxylic acids is 3. The lowest BCUT2D eigenvalue weighted by Gasteiger charge is -2.26. The van der Waals surface area contributed by atoms with Crippen LogP contribution in [0.2, 0.25) is 0 Å². The summed E-state index contributed by atoms with van der Waals surface area (Å²) in [7, 11) is 0. The fourth-order valence-electron chi connectivity index (χ4n) is 3.54. The largest absolute Gasteiger partial charge is 0.452 e. The van der Waals surface area contributed by atoms with Gasteiger partial charge in [-0.3, -0.25) is 4.79 Å². The van der Waals surface area contributed by atoms with Crippen molar-refractivity contribution in [2.45, 2.75) is 45.2 Å². The van der Waals surface area contributed by atoms with Gasteiger partial charge in [-0.15, -0.1) is 0 Å². The van der Waals surface area contributed by atoms with Gasteiger partial charge >= 0.3 is 12.0 Å². The minimum absolute atomic E-state index is 0.0438. The highest BCUT2D eigenvalue weighted by Gasteiger charge is 2.22. The van der Waals surface area contributed by atoms with Crippen LogP contribution in [0.4, 0.5) is 10.5 Å². The Bertz CT molecular complexity index is 926. The van der Waals surface area contributed by atoms with E-state index in [4.69, 9.17) is 4.74 Å². The van der Waals surface area contributed by atoms with Crippen LogP contribution in [0.25, 0.3) is 0 Å². The Morgan fingerprint density at radius 3 is 2.60 bits per heavy atom. The van der Waals surface area contributed by atoms with Gasteiger partial charge in [-0.25, -0.2) is 9.59 Å². The summed E-state index contributed by atoms with van der Waals surface area (Å²) >= 11 is 0. The van der Waals surface area contributed by atoms with E-state index in [1.807, 2.05) is 32.0 Å². The monoisotopic (exact) mass is 409 g/mol. The average Bonchev–Trinajstić information content (AvgIpc) is 2.72. The van der Waals surface area contributed by atoms with Crippen molar-refractivity contribution < 1.29 is 19.1 Å². The van der Waals surface area contributed by atoms with Gasteiger partial charge in [0.15, 0.2) is 6.61 Å². The van der Waals surface area contributed by atoms with Crippen LogP contribution in [-0.4, -0.2) is 30.6 Å². The molecule has 158 valence electrons. The molecular formula is C23H27N3O4. The molecule has 0 spiro atoms. The number of fused-ring (bicyclic) bond motifs is 1. The molecule has 1 unspecified atom stereocenters. The first kappa shape index (κ1) is 21.4. The second kappa shape index (κ2) is 9.91. The Kier molecular flexibility index (Phi) is 7.06. The summed E-state index contributed by atoms with van der Waals surface area (Å²) in [5.41, 5.74) is 2.87. The van der Waals surface area contributed by atoms with Crippen LogP contribution in [0, 0.1) is 0 Å². The zero-order chi connectivity index (χ0) is 21.5. The molecule has 3 N–H and O–H groups in total. The number of aryl methyl sites for hydroxylation is 1. The van der Waals surface area contributed by atoms with Crippen molar-refractivity contribution in [2.75, 3.05) is 11.9 Å². The van der Waals surface area contributed by atoms with Crippen molar-refractivity contribution in [3.8, 4) is 0 Å². The van der Waals surface area contributed by atoms with E-state index in [-0.39, 0.29) is 30.2 Å². The molecule has 3 amide bonds. The van der Waals surface area contributed by atoms with Crippen molar-refractivity contribution in [1.29, 1.82) is 0 Å². The molecule has 1 aliphatic rings. The molecule has 7 heteroatoms. The van der Waals surface area contributed by atoms with Crippen LogP contribution >= 0.6 is 0 Å². The number of urea groups is 1. The van der Waals surface area contributed by atoms with Gasteiger partial charge in [0.1, 0.15) is 0 Å². The van der Waals surface area contributed by atoms with Crippen LogP contribution in [0.5, 0.6) is 0 Å². The zero-order valence-electron chi connectivity index (χ0n) is 17.2. The summed E-state index contributed by atoms with van der Waals surface area (Å²) in [4.78, 5) is 36.8. The first-order chi connectivity index (χ1) is 14.4. The minimum Gasteiger partial charge on any atom is -0.452 e. The Labute approximate surface area is 176 Å². The highest BCUT2D eigenvalue weighted by molar-refractivity contribution is 6.01. The number of amides is 3. The van der Waals surface area contributed by atoms with E-state index >= 15 is 0 Å². The molecule has 0 saturated heterocycles. The molecule has 0 radical (unpaired) electrons. The number of hydrogen-bond acceptors (Lipinski definition) is 4. The van der Waals surface area contributed by atoms with Crippen molar-refractivity contribution in [3.05, 3.63) is 65.2 Å². The summed E-state index contributed by atoms with van der Waals surface area (Å²) in [5, 5.41) is 8.28. The molecule has 0 saturated carbocycles. The quantitative estimate of drug-likeness (QED) is 0.636. The van der Waals surface area contributed by atoms with Crippen LogP contribution in [0.15, 0.2) is 48.5 Å². The summed E-state index contributed by atoms with van der Waals surface area (Å²) < 4.78 is 5.20. The Morgan fingerprint density at radius 2 is 1.80 bits per heavy atom.